The van der Waals surface area contributed by atoms with Crippen molar-refractivity contribution in [1.29, 1.82) is 0 Å². The van der Waals surface area contributed by atoms with E-state index in [2.05, 4.69) is 42.2 Å². The molecule has 17 heavy (non-hydrogen) atoms. The van der Waals surface area contributed by atoms with Gasteiger partial charge in [0.05, 0.1) is 6.10 Å². The van der Waals surface area contributed by atoms with Crippen LogP contribution in [0.4, 0.5) is 0 Å². The molecule has 0 aliphatic carbocycles. The quantitative estimate of drug-likeness (QED) is 0.775. The lowest BCUT2D eigenvalue weighted by molar-refractivity contribution is 0.00626. The SMILES string of the molecule is CCCOC1CCN(Cc2ccccc2)CC1. The van der Waals surface area contributed by atoms with Crippen molar-refractivity contribution in [3.8, 4) is 0 Å². The van der Waals surface area contributed by atoms with E-state index in [1.807, 2.05) is 0 Å². The molecule has 1 aliphatic rings. The van der Waals surface area contributed by atoms with Crippen molar-refractivity contribution in [1.82, 2.24) is 4.90 Å². The van der Waals surface area contributed by atoms with Crippen LogP contribution in [0.3, 0.4) is 0 Å². The maximum Gasteiger partial charge on any atom is 0.0599 e. The van der Waals surface area contributed by atoms with E-state index in [4.69, 9.17) is 4.74 Å². The fraction of sp³-hybridized carbons (Fsp3) is 0.600. The summed E-state index contributed by atoms with van der Waals surface area (Å²) >= 11 is 0. The van der Waals surface area contributed by atoms with E-state index in [9.17, 15) is 0 Å². The molecule has 0 amide bonds. The third kappa shape index (κ3) is 4.14. The van der Waals surface area contributed by atoms with Crippen LogP contribution >= 0.6 is 0 Å². The second kappa shape index (κ2) is 6.77. The molecule has 2 nitrogen and oxygen atoms in total. The lowest BCUT2D eigenvalue weighted by Crippen LogP contribution is -2.36. The highest BCUT2D eigenvalue weighted by atomic mass is 16.5. The lowest BCUT2D eigenvalue weighted by Gasteiger charge is -2.31. The van der Waals surface area contributed by atoms with E-state index in [0.717, 1.165) is 19.6 Å². The van der Waals surface area contributed by atoms with Gasteiger partial charge in [0.25, 0.3) is 0 Å². The van der Waals surface area contributed by atoms with Gasteiger partial charge < -0.3 is 4.74 Å². The Balaban J connectivity index is 1.72. The first kappa shape index (κ1) is 12.6. The zero-order chi connectivity index (χ0) is 11.9. The highest BCUT2D eigenvalue weighted by Gasteiger charge is 2.19. The minimum absolute atomic E-state index is 0.502. The number of likely N-dealkylation sites (tertiary alicyclic amines) is 1. The van der Waals surface area contributed by atoms with Crippen molar-refractivity contribution in [2.24, 2.45) is 0 Å². The number of hydrogen-bond acceptors (Lipinski definition) is 2. The first-order chi connectivity index (χ1) is 8.38. The Labute approximate surface area is 105 Å². The summed E-state index contributed by atoms with van der Waals surface area (Å²) < 4.78 is 5.80. The summed E-state index contributed by atoms with van der Waals surface area (Å²) in [7, 11) is 0. The first-order valence-corrected chi connectivity index (χ1v) is 6.76. The Kier molecular flexibility index (Phi) is 5.02. The third-order valence-corrected chi connectivity index (χ3v) is 3.34. The second-order valence-electron chi connectivity index (χ2n) is 4.83. The molecule has 0 radical (unpaired) electrons. The predicted octanol–water partition coefficient (Wildman–Crippen LogP) is 3.08. The van der Waals surface area contributed by atoms with Gasteiger partial charge in [-0.2, -0.15) is 0 Å². The van der Waals surface area contributed by atoms with Gasteiger partial charge in [0.2, 0.25) is 0 Å². The smallest absolute Gasteiger partial charge is 0.0599 e. The molecule has 1 heterocycles. The molecule has 0 unspecified atom stereocenters. The van der Waals surface area contributed by atoms with Crippen LogP contribution in [-0.2, 0) is 11.3 Å². The van der Waals surface area contributed by atoms with Gasteiger partial charge in [-0.3, -0.25) is 4.90 Å². The highest BCUT2D eigenvalue weighted by Crippen LogP contribution is 2.16. The summed E-state index contributed by atoms with van der Waals surface area (Å²) in [5.74, 6) is 0. The summed E-state index contributed by atoms with van der Waals surface area (Å²) in [5.41, 5.74) is 1.42. The molecule has 0 spiro atoms. The van der Waals surface area contributed by atoms with Gasteiger partial charge >= 0.3 is 0 Å². The molecule has 0 bridgehead atoms. The lowest BCUT2D eigenvalue weighted by atomic mass is 10.1. The maximum atomic E-state index is 5.80. The van der Waals surface area contributed by atoms with Crippen LogP contribution in [0.1, 0.15) is 31.7 Å². The van der Waals surface area contributed by atoms with Gasteiger partial charge in [-0.1, -0.05) is 37.3 Å². The Hall–Kier alpha value is -0.860. The number of hydrogen-bond donors (Lipinski definition) is 0. The molecule has 2 rings (SSSR count). The molecular weight excluding hydrogens is 210 g/mol. The molecule has 0 aromatic heterocycles. The zero-order valence-electron chi connectivity index (χ0n) is 10.8. The number of nitrogens with zero attached hydrogens (tertiary/aromatic N) is 1. The maximum absolute atomic E-state index is 5.80. The van der Waals surface area contributed by atoms with Crippen molar-refractivity contribution in [3.05, 3.63) is 35.9 Å². The molecule has 1 aromatic carbocycles. The first-order valence-electron chi connectivity index (χ1n) is 6.76. The molecule has 0 saturated carbocycles. The fourth-order valence-corrected chi connectivity index (χ4v) is 2.36. The van der Waals surface area contributed by atoms with Gasteiger partial charge in [-0.05, 0) is 24.8 Å². The Morgan fingerprint density at radius 2 is 1.88 bits per heavy atom. The van der Waals surface area contributed by atoms with Crippen molar-refractivity contribution in [3.63, 3.8) is 0 Å². The molecule has 1 fully saturated rings. The molecule has 1 aliphatic heterocycles. The van der Waals surface area contributed by atoms with Crippen molar-refractivity contribution in [2.75, 3.05) is 19.7 Å². The Morgan fingerprint density at radius 3 is 2.53 bits per heavy atom. The van der Waals surface area contributed by atoms with Crippen LogP contribution in [0, 0.1) is 0 Å². The van der Waals surface area contributed by atoms with Crippen molar-refractivity contribution < 1.29 is 4.74 Å². The van der Waals surface area contributed by atoms with Crippen molar-refractivity contribution in [2.45, 2.75) is 38.8 Å². The van der Waals surface area contributed by atoms with E-state index in [0.29, 0.717) is 6.10 Å². The average Bonchev–Trinajstić information content (AvgIpc) is 2.39. The van der Waals surface area contributed by atoms with Gasteiger partial charge in [0, 0.05) is 26.2 Å². The van der Waals surface area contributed by atoms with Crippen LogP contribution in [0.2, 0.25) is 0 Å². The summed E-state index contributed by atoms with van der Waals surface area (Å²) in [6, 6.07) is 10.7. The minimum Gasteiger partial charge on any atom is -0.378 e. The average molecular weight is 233 g/mol. The number of piperidine rings is 1. The largest absolute Gasteiger partial charge is 0.378 e. The van der Waals surface area contributed by atoms with Gasteiger partial charge in [-0.25, -0.2) is 0 Å². The van der Waals surface area contributed by atoms with E-state index in [1.54, 1.807) is 0 Å². The molecule has 94 valence electrons. The summed E-state index contributed by atoms with van der Waals surface area (Å²) in [5, 5.41) is 0. The topological polar surface area (TPSA) is 12.5 Å². The molecule has 0 atom stereocenters. The van der Waals surface area contributed by atoms with E-state index in [-0.39, 0.29) is 0 Å². The Bertz CT molecular complexity index is 304. The fourth-order valence-electron chi connectivity index (χ4n) is 2.36. The Morgan fingerprint density at radius 1 is 1.18 bits per heavy atom. The van der Waals surface area contributed by atoms with Gasteiger partial charge in [0.15, 0.2) is 0 Å². The van der Waals surface area contributed by atoms with E-state index < -0.39 is 0 Å². The predicted molar refractivity (Wildman–Crippen MR) is 71.0 cm³/mol. The van der Waals surface area contributed by atoms with Gasteiger partial charge in [0.1, 0.15) is 0 Å². The molecular formula is C15H23NO. The second-order valence-corrected chi connectivity index (χ2v) is 4.83. The monoisotopic (exact) mass is 233 g/mol. The van der Waals surface area contributed by atoms with Crippen LogP contribution in [0.15, 0.2) is 30.3 Å². The van der Waals surface area contributed by atoms with Crippen LogP contribution in [-0.4, -0.2) is 30.7 Å². The van der Waals surface area contributed by atoms with Crippen LogP contribution < -0.4 is 0 Å². The van der Waals surface area contributed by atoms with Crippen LogP contribution in [0.25, 0.3) is 0 Å². The van der Waals surface area contributed by atoms with Crippen molar-refractivity contribution >= 4 is 0 Å². The van der Waals surface area contributed by atoms with Crippen LogP contribution in [0.5, 0.6) is 0 Å². The number of ether oxygens (including phenoxy) is 1. The molecule has 1 saturated heterocycles. The normalized spacial score (nSPS) is 18.4. The highest BCUT2D eigenvalue weighted by molar-refractivity contribution is 5.14. The molecule has 2 heteroatoms. The molecule has 0 N–H and O–H groups in total. The van der Waals surface area contributed by atoms with E-state index >= 15 is 0 Å². The zero-order valence-corrected chi connectivity index (χ0v) is 10.8. The summed E-state index contributed by atoms with van der Waals surface area (Å²) in [4.78, 5) is 2.53. The minimum atomic E-state index is 0.502. The summed E-state index contributed by atoms with van der Waals surface area (Å²) in [6.07, 6.45) is 4.01. The van der Waals surface area contributed by atoms with Gasteiger partial charge in [-0.15, -0.1) is 0 Å². The van der Waals surface area contributed by atoms with E-state index in [1.165, 1.54) is 31.5 Å². The number of benzene rings is 1. The number of rotatable bonds is 5. The summed E-state index contributed by atoms with van der Waals surface area (Å²) in [6.45, 7) is 6.52. The molecule has 1 aromatic rings. The standard InChI is InChI=1S/C15H23NO/c1-2-12-17-15-8-10-16(11-9-15)13-14-6-4-3-5-7-14/h3-7,15H,2,8-13H2,1H3. The third-order valence-electron chi connectivity index (χ3n) is 3.34.